The number of ether oxygens (including phenoxy) is 1. The number of halogens is 1. The van der Waals surface area contributed by atoms with Crippen LogP contribution >= 0.6 is 23.4 Å². The third-order valence-electron chi connectivity index (χ3n) is 4.99. The SMILES string of the molecule is CC1=C(C(=O)OCc2ccccc2)N2C(=O)C(NC(=O)Cc3ccco3)[C@H]2SC1=CCl. The summed E-state index contributed by atoms with van der Waals surface area (Å²) in [5.74, 6) is -0.828. The summed E-state index contributed by atoms with van der Waals surface area (Å²) >= 11 is 7.28. The number of carbonyl (C=O) groups is 3. The first kappa shape index (κ1) is 21.3. The predicted molar refractivity (Wildman–Crippen MR) is 115 cm³/mol. The number of fused-ring (bicyclic) bond motifs is 1. The summed E-state index contributed by atoms with van der Waals surface area (Å²) < 4.78 is 10.6. The van der Waals surface area contributed by atoms with E-state index in [1.54, 1.807) is 19.1 Å². The lowest BCUT2D eigenvalue weighted by molar-refractivity contribution is -0.153. The van der Waals surface area contributed by atoms with Gasteiger partial charge in [-0.2, -0.15) is 0 Å². The third-order valence-corrected chi connectivity index (χ3v) is 6.74. The quantitative estimate of drug-likeness (QED) is 0.527. The van der Waals surface area contributed by atoms with E-state index in [2.05, 4.69) is 5.32 Å². The third kappa shape index (κ3) is 4.26. The molecule has 1 fully saturated rings. The number of rotatable bonds is 6. The molecule has 0 spiro atoms. The monoisotopic (exact) mass is 458 g/mol. The molecular formula is C22H19ClN2O5S. The van der Waals surface area contributed by atoms with Crippen molar-refractivity contribution in [1.29, 1.82) is 0 Å². The highest BCUT2D eigenvalue weighted by Gasteiger charge is 2.55. The molecular weight excluding hydrogens is 440 g/mol. The molecule has 0 radical (unpaired) electrons. The van der Waals surface area contributed by atoms with Crippen LogP contribution < -0.4 is 5.32 Å². The van der Waals surface area contributed by atoms with Crippen LogP contribution in [0.2, 0.25) is 0 Å². The lowest BCUT2D eigenvalue weighted by Crippen LogP contribution is -2.70. The van der Waals surface area contributed by atoms with Crippen LogP contribution in [0.5, 0.6) is 0 Å². The molecule has 1 saturated heterocycles. The Morgan fingerprint density at radius 3 is 2.71 bits per heavy atom. The summed E-state index contributed by atoms with van der Waals surface area (Å²) in [7, 11) is 0. The molecule has 4 rings (SSSR count). The number of thioether (sulfide) groups is 1. The Balaban J connectivity index is 1.48. The van der Waals surface area contributed by atoms with E-state index < -0.39 is 17.4 Å². The molecule has 3 heterocycles. The number of nitrogens with one attached hydrogen (secondary N) is 1. The Morgan fingerprint density at radius 2 is 2.03 bits per heavy atom. The molecule has 1 aromatic carbocycles. The van der Waals surface area contributed by atoms with Crippen molar-refractivity contribution in [3.05, 3.63) is 81.8 Å². The number of benzene rings is 1. The number of carbonyl (C=O) groups excluding carboxylic acids is 3. The van der Waals surface area contributed by atoms with Crippen molar-refractivity contribution in [1.82, 2.24) is 10.2 Å². The van der Waals surface area contributed by atoms with Crippen LogP contribution in [0.15, 0.2) is 74.9 Å². The molecule has 0 bridgehead atoms. The summed E-state index contributed by atoms with van der Waals surface area (Å²) in [6.07, 6.45) is 1.50. The zero-order valence-electron chi connectivity index (χ0n) is 16.5. The van der Waals surface area contributed by atoms with Gasteiger partial charge in [-0.1, -0.05) is 53.7 Å². The molecule has 0 aliphatic carbocycles. The van der Waals surface area contributed by atoms with Crippen LogP contribution in [0.1, 0.15) is 18.2 Å². The van der Waals surface area contributed by atoms with Gasteiger partial charge in [-0.25, -0.2) is 4.79 Å². The number of furan rings is 1. The molecule has 9 heteroatoms. The van der Waals surface area contributed by atoms with Crippen molar-refractivity contribution in [2.45, 2.75) is 31.4 Å². The van der Waals surface area contributed by atoms with Crippen molar-refractivity contribution in [2.75, 3.05) is 0 Å². The summed E-state index contributed by atoms with van der Waals surface area (Å²) in [5, 5.41) is 2.24. The van der Waals surface area contributed by atoms with Crippen LogP contribution in [-0.4, -0.2) is 34.1 Å². The zero-order chi connectivity index (χ0) is 22.0. The second-order valence-electron chi connectivity index (χ2n) is 7.03. The molecule has 0 saturated carbocycles. The van der Waals surface area contributed by atoms with Crippen LogP contribution in [0.3, 0.4) is 0 Å². The minimum atomic E-state index is -0.774. The molecule has 1 N–H and O–H groups in total. The maximum Gasteiger partial charge on any atom is 0.355 e. The van der Waals surface area contributed by atoms with E-state index in [-0.39, 0.29) is 30.5 Å². The Bertz CT molecular complexity index is 1060. The molecule has 1 unspecified atom stereocenters. The Hall–Kier alpha value is -2.97. The summed E-state index contributed by atoms with van der Waals surface area (Å²) in [5.41, 5.74) is 2.91. The topological polar surface area (TPSA) is 88.9 Å². The molecule has 2 aliphatic rings. The number of amides is 2. The molecule has 2 atom stereocenters. The number of β-lactam (4-membered cyclic amide) rings is 1. The highest BCUT2D eigenvalue weighted by atomic mass is 35.5. The van der Waals surface area contributed by atoms with Gasteiger partial charge in [-0.3, -0.25) is 14.5 Å². The molecule has 2 aromatic rings. The molecule has 2 aliphatic heterocycles. The van der Waals surface area contributed by atoms with Gasteiger partial charge in [0.25, 0.3) is 5.91 Å². The average Bonchev–Trinajstić information content (AvgIpc) is 3.29. The van der Waals surface area contributed by atoms with Crippen LogP contribution in [-0.2, 0) is 32.1 Å². The van der Waals surface area contributed by atoms with Crippen molar-refractivity contribution in [2.24, 2.45) is 0 Å². The average molecular weight is 459 g/mol. The zero-order valence-corrected chi connectivity index (χ0v) is 18.1. The maximum atomic E-state index is 12.9. The Labute approximate surface area is 188 Å². The second-order valence-corrected chi connectivity index (χ2v) is 8.40. The van der Waals surface area contributed by atoms with Gasteiger partial charge < -0.3 is 14.5 Å². The van der Waals surface area contributed by atoms with Gasteiger partial charge in [0, 0.05) is 10.4 Å². The normalized spacial score (nSPS) is 21.5. The van der Waals surface area contributed by atoms with E-state index in [0.717, 1.165) is 5.56 Å². The second kappa shape index (κ2) is 9.03. The van der Waals surface area contributed by atoms with Crippen LogP contribution in [0.25, 0.3) is 0 Å². The lowest BCUT2D eigenvalue weighted by atomic mass is 10.0. The highest BCUT2D eigenvalue weighted by molar-refractivity contribution is 8.04. The van der Waals surface area contributed by atoms with Gasteiger partial charge in [0.05, 0.1) is 12.7 Å². The first-order chi connectivity index (χ1) is 15.0. The van der Waals surface area contributed by atoms with E-state index in [1.807, 2.05) is 30.3 Å². The lowest BCUT2D eigenvalue weighted by Gasteiger charge is -2.49. The fourth-order valence-electron chi connectivity index (χ4n) is 3.42. The number of hydrogen-bond donors (Lipinski definition) is 1. The first-order valence-electron chi connectivity index (χ1n) is 9.53. The minimum absolute atomic E-state index is 0.0210. The van der Waals surface area contributed by atoms with Crippen LogP contribution in [0, 0.1) is 0 Å². The first-order valence-corrected chi connectivity index (χ1v) is 10.9. The van der Waals surface area contributed by atoms with Crippen molar-refractivity contribution in [3.8, 4) is 0 Å². The van der Waals surface area contributed by atoms with Gasteiger partial charge in [0.15, 0.2) is 0 Å². The van der Waals surface area contributed by atoms with Crippen molar-refractivity contribution >= 4 is 41.1 Å². The number of nitrogens with zero attached hydrogens (tertiary/aromatic N) is 1. The van der Waals surface area contributed by atoms with Gasteiger partial charge in [0.2, 0.25) is 5.91 Å². The maximum absolute atomic E-state index is 12.9. The Kier molecular flexibility index (Phi) is 6.20. The fraction of sp³-hybridized carbons (Fsp3) is 0.227. The van der Waals surface area contributed by atoms with E-state index in [0.29, 0.717) is 16.2 Å². The standard InChI is InChI=1S/C22H19ClN2O5S/c1-13-16(11-23)31-21-18(24-17(26)10-15-8-5-9-29-15)20(27)25(21)19(13)22(28)30-12-14-6-3-2-4-7-14/h2-9,11,18,21H,10,12H2,1H3,(H,24,26)/t18?,21-/m1/s1. The highest BCUT2D eigenvalue weighted by Crippen LogP contribution is 2.46. The molecule has 7 nitrogen and oxygen atoms in total. The molecule has 2 amide bonds. The smallest absolute Gasteiger partial charge is 0.355 e. The number of esters is 1. The van der Waals surface area contributed by atoms with E-state index in [4.69, 9.17) is 20.8 Å². The van der Waals surface area contributed by atoms with Gasteiger partial charge >= 0.3 is 5.97 Å². The van der Waals surface area contributed by atoms with E-state index >= 15 is 0 Å². The fourth-order valence-corrected chi connectivity index (χ4v) is 4.96. The van der Waals surface area contributed by atoms with Crippen molar-refractivity contribution < 1.29 is 23.5 Å². The van der Waals surface area contributed by atoms with E-state index in [9.17, 15) is 14.4 Å². The summed E-state index contributed by atoms with van der Waals surface area (Å²) in [6.45, 7) is 1.80. The number of allylic oxidation sites excluding steroid dienone is 1. The van der Waals surface area contributed by atoms with Gasteiger partial charge in [-0.05, 0) is 30.2 Å². The largest absolute Gasteiger partial charge is 0.469 e. The minimum Gasteiger partial charge on any atom is -0.469 e. The summed E-state index contributed by atoms with van der Waals surface area (Å²) in [6, 6.07) is 11.9. The Morgan fingerprint density at radius 1 is 1.26 bits per heavy atom. The summed E-state index contributed by atoms with van der Waals surface area (Å²) in [4.78, 5) is 40.1. The predicted octanol–water partition coefficient (Wildman–Crippen LogP) is 3.32. The van der Waals surface area contributed by atoms with E-state index in [1.165, 1.54) is 28.5 Å². The van der Waals surface area contributed by atoms with Gasteiger partial charge in [-0.15, -0.1) is 0 Å². The van der Waals surface area contributed by atoms with Crippen LogP contribution in [0.4, 0.5) is 0 Å². The van der Waals surface area contributed by atoms with Gasteiger partial charge in [0.1, 0.15) is 29.5 Å². The molecule has 1 aromatic heterocycles. The van der Waals surface area contributed by atoms with Crippen molar-refractivity contribution in [3.63, 3.8) is 0 Å². The molecule has 160 valence electrons. The number of hydrogen-bond acceptors (Lipinski definition) is 6. The molecule has 31 heavy (non-hydrogen) atoms.